The van der Waals surface area contributed by atoms with Crippen LogP contribution in [-0.4, -0.2) is 0 Å². The summed E-state index contributed by atoms with van der Waals surface area (Å²) in [5.41, 5.74) is 3.42. The maximum Gasteiger partial charge on any atom is 0.0322 e. The molecule has 4 aromatic rings. The zero-order valence-electron chi connectivity index (χ0n) is 22.2. The molecule has 0 aliphatic carbocycles. The van der Waals surface area contributed by atoms with Gasteiger partial charge in [-0.25, -0.2) is 0 Å². The number of hydrogen-bond acceptors (Lipinski definition) is 0. The molecule has 0 N–H and O–H groups in total. The van der Waals surface area contributed by atoms with E-state index in [2.05, 4.69) is 0 Å². The predicted octanol–water partition coefficient (Wildman–Crippen LogP) is 7.75. The third kappa shape index (κ3) is 7.10. The lowest BCUT2D eigenvalue weighted by atomic mass is 9.88. The Bertz CT molecular complexity index is 1010. The first-order valence-corrected chi connectivity index (χ1v) is 11.1. The van der Waals surface area contributed by atoms with Gasteiger partial charge >= 0.3 is 0 Å². The Balaban J connectivity index is 1.72. The normalized spacial score (nSPS) is 18.9. The highest BCUT2D eigenvalue weighted by molar-refractivity contribution is 5.23. The molecule has 0 saturated carbocycles. The van der Waals surface area contributed by atoms with Crippen LogP contribution in [0.25, 0.3) is 0 Å². The summed E-state index contributed by atoms with van der Waals surface area (Å²) in [5.74, 6) is -0.883. The van der Waals surface area contributed by atoms with Gasteiger partial charge in [0.05, 0.1) is 0 Å². The fourth-order valence-electron chi connectivity index (χ4n) is 3.72. The Morgan fingerprint density at radius 1 is 0.406 bits per heavy atom. The Hall–Kier alpha value is -3.38. The van der Waals surface area contributed by atoms with Crippen LogP contribution in [0, 0.1) is 11.8 Å². The molecule has 2 unspecified atom stereocenters. The molecule has 0 heteroatoms. The number of rotatable bonds is 10. The smallest absolute Gasteiger partial charge is 0.0322 e. The largest absolute Gasteiger partial charge is 0.0845 e. The molecule has 6 atom stereocenters. The van der Waals surface area contributed by atoms with Crippen molar-refractivity contribution in [1.82, 2.24) is 0 Å². The van der Waals surface area contributed by atoms with Crippen LogP contribution in [0.1, 0.15) is 27.7 Å². The standard InChI is InChI=1S/C32H32/c1-5-13-27(14-6-1)23-31(24-28-15-7-2-8-16-28)21-22-32(25-29-17-9-3-10-18-29)26-30-19-11-4-12-20-30/h1-22,31-32H,23-26H2/b22-21-/i23D,24D,25D,26D/t23-,24+,25-,26+,31?,32?. The molecule has 0 aromatic heterocycles. The molecule has 0 heterocycles. The minimum atomic E-state index is -0.646. The lowest BCUT2D eigenvalue weighted by Gasteiger charge is -2.17. The molecule has 0 nitrogen and oxygen atoms in total. The van der Waals surface area contributed by atoms with Gasteiger partial charge < -0.3 is 0 Å². The molecule has 32 heavy (non-hydrogen) atoms. The van der Waals surface area contributed by atoms with Gasteiger partial charge in [0.15, 0.2) is 0 Å². The fraction of sp³-hybridized carbons (Fsp3) is 0.188. The monoisotopic (exact) mass is 420 g/mol. The van der Waals surface area contributed by atoms with Gasteiger partial charge in [-0.3, -0.25) is 0 Å². The van der Waals surface area contributed by atoms with E-state index in [0.717, 1.165) is 22.3 Å². The Labute approximate surface area is 198 Å². The van der Waals surface area contributed by atoms with Gasteiger partial charge in [0, 0.05) is 5.48 Å². The van der Waals surface area contributed by atoms with Crippen LogP contribution in [0.5, 0.6) is 0 Å². The number of hydrogen-bond donors (Lipinski definition) is 0. The van der Waals surface area contributed by atoms with Gasteiger partial charge in [0.25, 0.3) is 0 Å². The van der Waals surface area contributed by atoms with Crippen molar-refractivity contribution in [3.05, 3.63) is 156 Å². The van der Waals surface area contributed by atoms with E-state index in [-0.39, 0.29) is 0 Å². The predicted molar refractivity (Wildman–Crippen MR) is 137 cm³/mol. The van der Waals surface area contributed by atoms with E-state index in [9.17, 15) is 0 Å². The third-order valence-electron chi connectivity index (χ3n) is 5.29. The minimum Gasteiger partial charge on any atom is -0.0845 e. The van der Waals surface area contributed by atoms with Crippen LogP contribution in [0.15, 0.2) is 133 Å². The molecule has 4 aromatic carbocycles. The second-order valence-corrected chi connectivity index (χ2v) is 7.85. The van der Waals surface area contributed by atoms with Crippen LogP contribution in [0.3, 0.4) is 0 Å². The topological polar surface area (TPSA) is 0 Å². The van der Waals surface area contributed by atoms with Crippen molar-refractivity contribution in [2.45, 2.75) is 25.6 Å². The number of allylic oxidation sites excluding steroid dienone is 2. The summed E-state index contributed by atoms with van der Waals surface area (Å²) < 4.78 is 36.3. The van der Waals surface area contributed by atoms with E-state index in [1.165, 1.54) is 0 Å². The highest BCUT2D eigenvalue weighted by atomic mass is 14.2. The van der Waals surface area contributed by atoms with Crippen molar-refractivity contribution in [2.24, 2.45) is 11.8 Å². The van der Waals surface area contributed by atoms with Crippen molar-refractivity contribution < 1.29 is 5.48 Å². The lowest BCUT2D eigenvalue weighted by Crippen LogP contribution is -2.09. The second-order valence-electron chi connectivity index (χ2n) is 7.85. The van der Waals surface area contributed by atoms with Crippen molar-refractivity contribution in [3.8, 4) is 0 Å². The van der Waals surface area contributed by atoms with E-state index < -0.39 is 37.4 Å². The van der Waals surface area contributed by atoms with Gasteiger partial charge in [-0.1, -0.05) is 133 Å². The van der Waals surface area contributed by atoms with E-state index >= 15 is 0 Å². The first kappa shape index (κ1) is 17.2. The summed E-state index contributed by atoms with van der Waals surface area (Å²) in [6.45, 7) is 0. The van der Waals surface area contributed by atoms with Crippen LogP contribution >= 0.6 is 0 Å². The molecule has 0 saturated heterocycles. The van der Waals surface area contributed by atoms with Crippen LogP contribution in [0.2, 0.25) is 0 Å². The second kappa shape index (κ2) is 11.9. The van der Waals surface area contributed by atoms with E-state index in [1.54, 1.807) is 0 Å². The highest BCUT2D eigenvalue weighted by Crippen LogP contribution is 2.21. The highest BCUT2D eigenvalue weighted by Gasteiger charge is 2.12. The Kier molecular flexibility index (Phi) is 6.38. The summed E-state index contributed by atoms with van der Waals surface area (Å²) in [4.78, 5) is 0. The molecule has 0 bridgehead atoms. The molecule has 0 aliphatic rings. The van der Waals surface area contributed by atoms with Crippen LogP contribution in [0.4, 0.5) is 0 Å². The first-order valence-electron chi connectivity index (χ1n) is 13.4. The first-order chi connectivity index (χ1) is 17.6. The van der Waals surface area contributed by atoms with Crippen molar-refractivity contribution in [2.75, 3.05) is 0 Å². The van der Waals surface area contributed by atoms with Crippen molar-refractivity contribution in [1.29, 1.82) is 0 Å². The van der Waals surface area contributed by atoms with Gasteiger partial charge in [-0.2, -0.15) is 0 Å². The molecule has 0 radical (unpaired) electrons. The molecule has 0 spiro atoms. The third-order valence-corrected chi connectivity index (χ3v) is 5.29. The van der Waals surface area contributed by atoms with E-state index in [4.69, 9.17) is 5.48 Å². The molecular weight excluding hydrogens is 384 g/mol. The SMILES string of the molecule is [2H][C@H](c1ccccc1)C(/C=C\C([C@H]([2H])c1ccccc1)[C@@H]([2H])c1ccccc1)[C@@H]([2H])c1ccccc1. The fourth-order valence-corrected chi connectivity index (χ4v) is 3.72. The molecule has 0 aliphatic heterocycles. The molecule has 0 fully saturated rings. The Morgan fingerprint density at radius 3 is 0.844 bits per heavy atom. The summed E-state index contributed by atoms with van der Waals surface area (Å²) >= 11 is 0. The maximum absolute atomic E-state index is 9.07. The molecule has 160 valence electrons. The zero-order valence-corrected chi connectivity index (χ0v) is 18.2. The quantitative estimate of drug-likeness (QED) is 0.230. The van der Waals surface area contributed by atoms with E-state index in [1.807, 2.05) is 133 Å². The molecule has 4 rings (SSSR count). The summed E-state index contributed by atoms with van der Waals surface area (Å²) in [5, 5.41) is 0. The summed E-state index contributed by atoms with van der Waals surface area (Å²) in [6.07, 6.45) is 1.27. The van der Waals surface area contributed by atoms with Crippen LogP contribution in [-0.2, 0) is 25.6 Å². The van der Waals surface area contributed by atoms with Gasteiger partial charge in [-0.05, 0) is 59.7 Å². The lowest BCUT2D eigenvalue weighted by molar-refractivity contribution is 0.607. The van der Waals surface area contributed by atoms with Crippen LogP contribution < -0.4 is 0 Å². The Morgan fingerprint density at radius 2 is 0.625 bits per heavy atom. The maximum atomic E-state index is 9.07. The summed E-state index contributed by atoms with van der Waals surface area (Å²) in [6, 6.07) is 38.6. The minimum absolute atomic E-state index is 0.441. The molecular formula is C32H32. The van der Waals surface area contributed by atoms with Crippen molar-refractivity contribution in [3.63, 3.8) is 0 Å². The summed E-state index contributed by atoms with van der Waals surface area (Å²) in [7, 11) is 0. The average Bonchev–Trinajstić information content (AvgIpc) is 2.96. The van der Waals surface area contributed by atoms with Gasteiger partial charge in [0.1, 0.15) is 0 Å². The van der Waals surface area contributed by atoms with Gasteiger partial charge in [0.2, 0.25) is 0 Å². The number of benzene rings is 4. The molecule has 0 amide bonds. The van der Waals surface area contributed by atoms with E-state index in [0.29, 0.717) is 0 Å². The van der Waals surface area contributed by atoms with Gasteiger partial charge in [-0.15, -0.1) is 0 Å². The zero-order chi connectivity index (χ0) is 25.3. The average molecular weight is 421 g/mol. The van der Waals surface area contributed by atoms with Crippen molar-refractivity contribution >= 4 is 0 Å².